The van der Waals surface area contributed by atoms with Crippen molar-refractivity contribution in [2.45, 2.75) is 17.5 Å². The van der Waals surface area contributed by atoms with Crippen LogP contribution in [0.4, 0.5) is 8.78 Å². The number of hydrogen-bond acceptors (Lipinski definition) is 1. The fraction of sp³-hybridized carbons (Fsp3) is 0.100. The van der Waals surface area contributed by atoms with Crippen molar-refractivity contribution in [2.75, 3.05) is 0 Å². The molecule has 0 N–H and O–H groups in total. The molecule has 5 aromatic rings. The van der Waals surface area contributed by atoms with Gasteiger partial charge in [0.2, 0.25) is 0 Å². The Morgan fingerprint density at radius 1 is 0.667 bits per heavy atom. The molecule has 0 unspecified atom stereocenters. The van der Waals surface area contributed by atoms with Crippen LogP contribution in [-0.4, -0.2) is 26.9 Å². The highest BCUT2D eigenvalue weighted by molar-refractivity contribution is 6.37. The topological polar surface area (TPSA) is 17.8 Å². The SMILES string of the molecule is BC(c1ccccc1)c1ccccc1.Fc1ccc(C([SiH2]Cn2ccnc2)c2ccc(F)cc2)cc1. The molecule has 0 amide bonds. The average molecular weight is 494 g/mol. The van der Waals surface area contributed by atoms with Gasteiger partial charge in [0.15, 0.2) is 0 Å². The molecule has 1 aromatic heterocycles. The van der Waals surface area contributed by atoms with Gasteiger partial charge in [-0.3, -0.25) is 0 Å². The first-order valence-corrected chi connectivity index (χ1v) is 14.0. The minimum Gasteiger partial charge on any atom is -0.341 e. The second kappa shape index (κ2) is 12.8. The zero-order chi connectivity index (χ0) is 25.2. The summed E-state index contributed by atoms with van der Waals surface area (Å²) in [6.45, 7) is 0. The predicted molar refractivity (Wildman–Crippen MR) is 149 cm³/mol. The summed E-state index contributed by atoms with van der Waals surface area (Å²) in [7, 11) is 1.65. The zero-order valence-corrected chi connectivity index (χ0v) is 21.8. The van der Waals surface area contributed by atoms with Gasteiger partial charge in [-0.25, -0.2) is 13.8 Å². The smallest absolute Gasteiger partial charge is 0.123 e. The first-order valence-electron chi connectivity index (χ1n) is 12.2. The van der Waals surface area contributed by atoms with E-state index in [1.54, 1.807) is 12.5 Å². The van der Waals surface area contributed by atoms with Crippen molar-refractivity contribution in [3.8, 4) is 0 Å². The van der Waals surface area contributed by atoms with Crippen LogP contribution in [0.25, 0.3) is 0 Å². The molecule has 36 heavy (non-hydrogen) atoms. The average Bonchev–Trinajstić information content (AvgIpc) is 3.45. The van der Waals surface area contributed by atoms with Crippen molar-refractivity contribution in [2.24, 2.45) is 0 Å². The maximum atomic E-state index is 13.2. The Morgan fingerprint density at radius 2 is 1.14 bits per heavy atom. The summed E-state index contributed by atoms with van der Waals surface area (Å²) in [6, 6.07) is 34.4. The second-order valence-electron chi connectivity index (χ2n) is 8.79. The molecule has 5 rings (SSSR count). The van der Waals surface area contributed by atoms with Crippen LogP contribution in [0.15, 0.2) is 128 Å². The first kappa shape index (κ1) is 25.3. The van der Waals surface area contributed by atoms with Crippen molar-refractivity contribution in [3.63, 3.8) is 0 Å². The fourth-order valence-electron chi connectivity index (χ4n) is 4.29. The molecule has 0 aliphatic rings. The maximum Gasteiger partial charge on any atom is 0.123 e. The number of halogens is 2. The molecule has 0 radical (unpaired) electrons. The summed E-state index contributed by atoms with van der Waals surface area (Å²) in [5.41, 5.74) is 5.14. The normalized spacial score (nSPS) is 11.1. The van der Waals surface area contributed by atoms with Gasteiger partial charge in [0.05, 0.1) is 15.8 Å². The highest BCUT2D eigenvalue weighted by Crippen LogP contribution is 2.25. The Hall–Kier alpha value is -3.77. The van der Waals surface area contributed by atoms with E-state index in [1.165, 1.54) is 35.4 Å². The molecule has 6 heteroatoms. The van der Waals surface area contributed by atoms with E-state index in [-0.39, 0.29) is 17.2 Å². The number of imidazole rings is 1. The van der Waals surface area contributed by atoms with E-state index in [1.807, 2.05) is 30.5 Å². The predicted octanol–water partition coefficient (Wildman–Crippen LogP) is 5.49. The van der Waals surface area contributed by atoms with Gasteiger partial charge >= 0.3 is 0 Å². The van der Waals surface area contributed by atoms with Crippen LogP contribution in [0.5, 0.6) is 0 Å². The lowest BCUT2D eigenvalue weighted by Gasteiger charge is -2.18. The van der Waals surface area contributed by atoms with Crippen LogP contribution < -0.4 is 0 Å². The number of benzene rings is 4. The van der Waals surface area contributed by atoms with Crippen molar-refractivity contribution in [3.05, 3.63) is 162 Å². The summed E-state index contributed by atoms with van der Waals surface area (Å²) in [6.07, 6.45) is 6.44. The Kier molecular flexibility index (Phi) is 9.00. The number of nitrogens with zero attached hydrogens (tertiary/aromatic N) is 2. The summed E-state index contributed by atoms with van der Waals surface area (Å²) in [5, 5.41) is 0. The number of rotatable bonds is 7. The van der Waals surface area contributed by atoms with Gasteiger partial charge in [-0.05, 0) is 57.9 Å². The van der Waals surface area contributed by atoms with Crippen LogP contribution in [-0.2, 0) is 6.17 Å². The molecule has 0 fully saturated rings. The van der Waals surface area contributed by atoms with Gasteiger partial charge in [0.25, 0.3) is 0 Å². The van der Waals surface area contributed by atoms with E-state index < -0.39 is 9.52 Å². The highest BCUT2D eigenvalue weighted by atomic mass is 28.2. The molecule has 1 heterocycles. The molecule has 2 nitrogen and oxygen atoms in total. The van der Waals surface area contributed by atoms with Gasteiger partial charge in [-0.2, -0.15) is 0 Å². The molecular weight excluding hydrogens is 465 g/mol. The Balaban J connectivity index is 0.000000187. The van der Waals surface area contributed by atoms with Crippen molar-refractivity contribution < 1.29 is 8.78 Å². The van der Waals surface area contributed by atoms with Gasteiger partial charge in [0.1, 0.15) is 19.5 Å². The lowest BCUT2D eigenvalue weighted by atomic mass is 9.76. The molecule has 4 aromatic carbocycles. The molecule has 0 saturated carbocycles. The molecule has 0 aliphatic heterocycles. The minimum absolute atomic E-state index is 0.226. The third-order valence-corrected chi connectivity index (χ3v) is 8.67. The first-order chi connectivity index (χ1) is 17.6. The molecular formula is C30H29BF2N2Si. The minimum atomic E-state index is -0.587. The van der Waals surface area contributed by atoms with Gasteiger partial charge in [0, 0.05) is 18.6 Å². The monoisotopic (exact) mass is 494 g/mol. The molecule has 0 spiro atoms. The van der Waals surface area contributed by atoms with E-state index in [0.717, 1.165) is 17.3 Å². The van der Waals surface area contributed by atoms with Crippen LogP contribution in [0.3, 0.4) is 0 Å². The van der Waals surface area contributed by atoms with Crippen molar-refractivity contribution in [1.82, 2.24) is 9.55 Å². The third-order valence-electron chi connectivity index (χ3n) is 6.38. The lowest BCUT2D eigenvalue weighted by Crippen LogP contribution is -2.16. The highest BCUT2D eigenvalue weighted by Gasteiger charge is 2.15. The van der Waals surface area contributed by atoms with E-state index in [0.29, 0.717) is 5.82 Å². The molecule has 0 bridgehead atoms. The second-order valence-corrected chi connectivity index (χ2v) is 10.6. The summed E-state index contributed by atoms with van der Waals surface area (Å²) < 4.78 is 28.4. The Labute approximate surface area is 214 Å². The largest absolute Gasteiger partial charge is 0.341 e. The van der Waals surface area contributed by atoms with Crippen molar-refractivity contribution >= 4 is 17.4 Å². The van der Waals surface area contributed by atoms with Gasteiger partial charge in [-0.15, -0.1) is 0 Å². The number of hydrogen-bond donors (Lipinski definition) is 0. The fourth-order valence-corrected chi connectivity index (χ4v) is 6.32. The Bertz CT molecular complexity index is 1210. The molecule has 0 aliphatic carbocycles. The standard InChI is InChI=1S/C17H16F2N2Si.C13H13B/c18-15-5-1-13(2-6-15)17(14-3-7-16(19)8-4-14)22-12-21-10-9-20-11-21;14-13(11-7-3-1-4-8-11)12-9-5-2-6-10-12/h1-11,17H,12,22H2;1-10,13H,14H2. The third kappa shape index (κ3) is 7.12. The van der Waals surface area contributed by atoms with E-state index >= 15 is 0 Å². The quantitative estimate of drug-likeness (QED) is 0.274. The van der Waals surface area contributed by atoms with Crippen LogP contribution in [0.1, 0.15) is 33.6 Å². The van der Waals surface area contributed by atoms with Crippen molar-refractivity contribution in [1.29, 1.82) is 0 Å². The summed E-state index contributed by atoms with van der Waals surface area (Å²) in [5.74, 6) is 0.00756. The molecule has 0 atom stereocenters. The number of aromatic nitrogens is 2. The van der Waals surface area contributed by atoms with Gasteiger partial charge in [-0.1, -0.05) is 84.9 Å². The van der Waals surface area contributed by atoms with E-state index in [9.17, 15) is 8.78 Å². The van der Waals surface area contributed by atoms with E-state index in [2.05, 4.69) is 78.1 Å². The van der Waals surface area contributed by atoms with Gasteiger partial charge < -0.3 is 4.57 Å². The molecule has 0 saturated heterocycles. The van der Waals surface area contributed by atoms with E-state index in [4.69, 9.17) is 0 Å². The molecule has 180 valence electrons. The summed E-state index contributed by atoms with van der Waals surface area (Å²) in [4.78, 5) is 4.05. The lowest BCUT2D eigenvalue weighted by molar-refractivity contribution is 0.626. The van der Waals surface area contributed by atoms with Crippen LogP contribution >= 0.6 is 0 Å². The summed E-state index contributed by atoms with van der Waals surface area (Å²) >= 11 is 0. The van der Waals surface area contributed by atoms with Crippen LogP contribution in [0.2, 0.25) is 0 Å². The van der Waals surface area contributed by atoms with Crippen LogP contribution in [0, 0.1) is 11.6 Å². The zero-order valence-electron chi connectivity index (χ0n) is 20.3. The maximum absolute atomic E-state index is 13.2. The Morgan fingerprint density at radius 3 is 1.56 bits per heavy atom.